The first kappa shape index (κ1) is 12.5. The van der Waals surface area contributed by atoms with Crippen molar-refractivity contribution in [1.82, 2.24) is 4.98 Å². The van der Waals surface area contributed by atoms with Crippen molar-refractivity contribution >= 4 is 0 Å². The Morgan fingerprint density at radius 3 is 2.71 bits per heavy atom. The minimum atomic E-state index is 0.328. The van der Waals surface area contributed by atoms with E-state index < -0.39 is 0 Å². The van der Waals surface area contributed by atoms with E-state index in [9.17, 15) is 0 Å². The molecule has 0 aromatic carbocycles. The van der Waals surface area contributed by atoms with Gasteiger partial charge in [-0.2, -0.15) is 0 Å². The highest BCUT2D eigenvalue weighted by molar-refractivity contribution is 5.15. The van der Waals surface area contributed by atoms with Crippen LogP contribution in [0.1, 0.15) is 36.8 Å². The molecular weight excluding hydrogens is 214 g/mol. The first-order chi connectivity index (χ1) is 8.28. The molecule has 0 spiro atoms. The van der Waals surface area contributed by atoms with Crippen LogP contribution in [0.2, 0.25) is 0 Å². The maximum Gasteiger partial charge on any atom is 0.0735 e. The van der Waals surface area contributed by atoms with E-state index in [1.807, 2.05) is 19.3 Å². The molecule has 0 saturated heterocycles. The lowest BCUT2D eigenvalue weighted by molar-refractivity contribution is 0.00108. The van der Waals surface area contributed by atoms with E-state index >= 15 is 0 Å². The number of aliphatic hydroxyl groups is 1. The van der Waals surface area contributed by atoms with Gasteiger partial charge in [-0.05, 0) is 49.7 Å². The molecule has 0 radical (unpaired) electrons. The first-order valence-corrected chi connectivity index (χ1v) is 6.41. The fourth-order valence-electron chi connectivity index (χ4n) is 2.39. The van der Waals surface area contributed by atoms with Gasteiger partial charge in [-0.25, -0.2) is 0 Å². The minimum Gasteiger partial charge on any atom is -0.396 e. The Labute approximate surface area is 103 Å². The Bertz CT molecular complexity index is 346. The molecule has 0 atom stereocenters. The molecule has 1 aromatic heterocycles. The molecule has 2 rings (SSSR count). The molecule has 1 saturated carbocycles. The number of nitrogens with zero attached hydrogens (tertiary/aromatic N) is 1. The summed E-state index contributed by atoms with van der Waals surface area (Å²) in [5.41, 5.74) is 2.32. The van der Waals surface area contributed by atoms with Crippen LogP contribution in [0.3, 0.4) is 0 Å². The molecule has 0 bridgehead atoms. The summed E-state index contributed by atoms with van der Waals surface area (Å²) in [4.78, 5) is 4.16. The van der Waals surface area contributed by atoms with E-state index in [1.165, 1.54) is 5.56 Å². The average Bonchev–Trinajstić information content (AvgIpc) is 2.37. The number of pyridine rings is 1. The highest BCUT2D eigenvalue weighted by atomic mass is 16.5. The molecule has 94 valence electrons. The maximum atomic E-state index is 9.07. The third kappa shape index (κ3) is 3.79. The van der Waals surface area contributed by atoms with E-state index in [1.54, 1.807) is 0 Å². The van der Waals surface area contributed by atoms with E-state index in [-0.39, 0.29) is 0 Å². The maximum absolute atomic E-state index is 9.07. The van der Waals surface area contributed by atoms with Gasteiger partial charge in [0.15, 0.2) is 0 Å². The summed E-state index contributed by atoms with van der Waals surface area (Å²) >= 11 is 0. The largest absolute Gasteiger partial charge is 0.396 e. The summed E-state index contributed by atoms with van der Waals surface area (Å²) in [6, 6.07) is 2.12. The van der Waals surface area contributed by atoms with Crippen molar-refractivity contribution < 1.29 is 9.84 Å². The van der Waals surface area contributed by atoms with Crippen LogP contribution in [0.4, 0.5) is 0 Å². The van der Waals surface area contributed by atoms with Crippen molar-refractivity contribution in [1.29, 1.82) is 0 Å². The second kappa shape index (κ2) is 6.12. The van der Waals surface area contributed by atoms with Crippen molar-refractivity contribution in [2.45, 2.75) is 45.3 Å². The quantitative estimate of drug-likeness (QED) is 0.871. The highest BCUT2D eigenvalue weighted by Crippen LogP contribution is 2.26. The molecule has 1 N–H and O–H groups in total. The molecule has 0 amide bonds. The Morgan fingerprint density at radius 2 is 2.06 bits per heavy atom. The van der Waals surface area contributed by atoms with E-state index in [0.29, 0.717) is 25.2 Å². The van der Waals surface area contributed by atoms with Gasteiger partial charge >= 0.3 is 0 Å². The normalized spacial score (nSPS) is 24.8. The summed E-state index contributed by atoms with van der Waals surface area (Å²) in [5.74, 6) is 0.496. The zero-order valence-corrected chi connectivity index (χ0v) is 10.4. The second-order valence-electron chi connectivity index (χ2n) is 5.01. The highest BCUT2D eigenvalue weighted by Gasteiger charge is 2.20. The molecule has 0 unspecified atom stereocenters. The van der Waals surface area contributed by atoms with Gasteiger partial charge in [0.2, 0.25) is 0 Å². The lowest BCUT2D eigenvalue weighted by atomic mass is 9.88. The van der Waals surface area contributed by atoms with Crippen molar-refractivity contribution in [3.05, 3.63) is 29.6 Å². The standard InChI is InChI=1S/C14H21NO2/c1-11-6-13(8-15-7-11)10-17-14-4-2-12(9-16)3-5-14/h6-8,12,14,16H,2-5,9-10H2,1H3. The van der Waals surface area contributed by atoms with Gasteiger partial charge in [-0.1, -0.05) is 6.07 Å². The number of ether oxygens (including phenoxy) is 1. The zero-order valence-electron chi connectivity index (χ0n) is 10.4. The van der Waals surface area contributed by atoms with Gasteiger partial charge in [0, 0.05) is 19.0 Å². The third-order valence-electron chi connectivity index (χ3n) is 3.47. The number of aromatic nitrogens is 1. The Morgan fingerprint density at radius 1 is 1.29 bits per heavy atom. The Kier molecular flexibility index (Phi) is 4.51. The van der Waals surface area contributed by atoms with Crippen molar-refractivity contribution in [2.24, 2.45) is 5.92 Å². The van der Waals surface area contributed by atoms with E-state index in [0.717, 1.165) is 31.2 Å². The molecule has 1 heterocycles. The number of rotatable bonds is 4. The first-order valence-electron chi connectivity index (χ1n) is 6.41. The minimum absolute atomic E-state index is 0.328. The van der Waals surface area contributed by atoms with Crippen LogP contribution in [-0.4, -0.2) is 22.8 Å². The van der Waals surface area contributed by atoms with Crippen LogP contribution in [0, 0.1) is 12.8 Å². The van der Waals surface area contributed by atoms with E-state index in [2.05, 4.69) is 11.1 Å². The summed E-state index contributed by atoms with van der Waals surface area (Å²) in [6.07, 6.45) is 8.41. The zero-order chi connectivity index (χ0) is 12.1. The number of aryl methyl sites for hydroxylation is 1. The number of aliphatic hydroxyl groups excluding tert-OH is 1. The van der Waals surface area contributed by atoms with Gasteiger partial charge in [-0.15, -0.1) is 0 Å². The van der Waals surface area contributed by atoms with Crippen LogP contribution >= 0.6 is 0 Å². The summed E-state index contributed by atoms with van der Waals surface area (Å²) in [6.45, 7) is 3.03. The average molecular weight is 235 g/mol. The van der Waals surface area contributed by atoms with Crippen LogP contribution in [0.5, 0.6) is 0 Å². The third-order valence-corrected chi connectivity index (χ3v) is 3.47. The lowest BCUT2D eigenvalue weighted by Crippen LogP contribution is -2.23. The Hall–Kier alpha value is -0.930. The van der Waals surface area contributed by atoms with Gasteiger partial charge in [-0.3, -0.25) is 4.98 Å². The van der Waals surface area contributed by atoms with Gasteiger partial charge in [0.25, 0.3) is 0 Å². The predicted octanol–water partition coefficient (Wildman–Crippen LogP) is 2.46. The molecule has 1 aromatic rings. The Balaban J connectivity index is 1.76. The molecule has 3 nitrogen and oxygen atoms in total. The summed E-state index contributed by atoms with van der Waals surface area (Å²) in [7, 11) is 0. The van der Waals surface area contributed by atoms with Gasteiger partial charge in [0.1, 0.15) is 0 Å². The molecular formula is C14H21NO2. The molecule has 1 aliphatic rings. The fourth-order valence-corrected chi connectivity index (χ4v) is 2.39. The smallest absolute Gasteiger partial charge is 0.0735 e. The van der Waals surface area contributed by atoms with Crippen LogP contribution in [-0.2, 0) is 11.3 Å². The number of hydrogen-bond acceptors (Lipinski definition) is 3. The van der Waals surface area contributed by atoms with Crippen molar-refractivity contribution in [3.63, 3.8) is 0 Å². The fraction of sp³-hybridized carbons (Fsp3) is 0.643. The number of hydrogen-bond donors (Lipinski definition) is 1. The SMILES string of the molecule is Cc1cncc(COC2CCC(CO)CC2)c1. The molecule has 0 aliphatic heterocycles. The van der Waals surface area contributed by atoms with Crippen LogP contribution < -0.4 is 0 Å². The van der Waals surface area contributed by atoms with Gasteiger partial charge in [0.05, 0.1) is 12.7 Å². The topological polar surface area (TPSA) is 42.4 Å². The molecule has 3 heteroatoms. The second-order valence-corrected chi connectivity index (χ2v) is 5.01. The molecule has 17 heavy (non-hydrogen) atoms. The van der Waals surface area contributed by atoms with Crippen LogP contribution in [0.15, 0.2) is 18.5 Å². The van der Waals surface area contributed by atoms with Crippen LogP contribution in [0.25, 0.3) is 0 Å². The lowest BCUT2D eigenvalue weighted by Gasteiger charge is -2.27. The monoisotopic (exact) mass is 235 g/mol. The molecule has 1 aliphatic carbocycles. The summed E-state index contributed by atoms with van der Waals surface area (Å²) < 4.78 is 5.90. The van der Waals surface area contributed by atoms with Crippen molar-refractivity contribution in [2.75, 3.05) is 6.61 Å². The van der Waals surface area contributed by atoms with Crippen molar-refractivity contribution in [3.8, 4) is 0 Å². The molecule has 1 fully saturated rings. The van der Waals surface area contributed by atoms with Gasteiger partial charge < -0.3 is 9.84 Å². The van der Waals surface area contributed by atoms with E-state index in [4.69, 9.17) is 9.84 Å². The predicted molar refractivity (Wildman–Crippen MR) is 66.6 cm³/mol. The summed E-state index contributed by atoms with van der Waals surface area (Å²) in [5, 5.41) is 9.07.